The molecule has 4 heteroatoms. The van der Waals surface area contributed by atoms with Gasteiger partial charge in [0, 0.05) is 19.4 Å². The lowest BCUT2D eigenvalue weighted by molar-refractivity contribution is -0.153. The quantitative estimate of drug-likeness (QED) is 0.778. The number of hydrogen-bond donors (Lipinski definition) is 1. The Morgan fingerprint density at radius 3 is 2.28 bits per heavy atom. The number of piperidine rings is 1. The predicted molar refractivity (Wildman–Crippen MR) is 67.8 cm³/mol. The van der Waals surface area contributed by atoms with Crippen LogP contribution in [-0.4, -0.2) is 34.5 Å². The van der Waals surface area contributed by atoms with E-state index in [4.69, 9.17) is 0 Å². The van der Waals surface area contributed by atoms with E-state index in [1.807, 2.05) is 0 Å². The SMILES string of the molecule is CC(O)CCCN1C(=O)CC2(CCCC2)CC1=O. The Morgan fingerprint density at radius 2 is 1.78 bits per heavy atom. The Labute approximate surface area is 108 Å². The zero-order chi connectivity index (χ0) is 13.2. The number of carbonyl (C=O) groups excluding carboxylic acids is 2. The van der Waals surface area contributed by atoms with Gasteiger partial charge in [0.05, 0.1) is 6.10 Å². The van der Waals surface area contributed by atoms with Crippen molar-refractivity contribution < 1.29 is 14.7 Å². The van der Waals surface area contributed by atoms with Gasteiger partial charge in [0.25, 0.3) is 0 Å². The van der Waals surface area contributed by atoms with E-state index in [1.54, 1.807) is 6.92 Å². The zero-order valence-electron chi connectivity index (χ0n) is 11.2. The average molecular weight is 253 g/mol. The lowest BCUT2D eigenvalue weighted by atomic mass is 9.76. The second kappa shape index (κ2) is 5.39. The van der Waals surface area contributed by atoms with Crippen molar-refractivity contribution in [3.05, 3.63) is 0 Å². The minimum atomic E-state index is -0.360. The molecule has 1 unspecified atom stereocenters. The fourth-order valence-electron chi connectivity index (χ4n) is 3.31. The number of amides is 2. The summed E-state index contributed by atoms with van der Waals surface area (Å²) in [5.41, 5.74) is -0.00502. The number of likely N-dealkylation sites (tertiary alicyclic amines) is 1. The third kappa shape index (κ3) is 2.91. The first-order valence-electron chi connectivity index (χ1n) is 7.04. The molecule has 1 aliphatic carbocycles. The van der Waals surface area contributed by atoms with E-state index in [1.165, 1.54) is 4.90 Å². The van der Waals surface area contributed by atoms with E-state index in [9.17, 15) is 14.7 Å². The van der Waals surface area contributed by atoms with Crippen LogP contribution in [0.3, 0.4) is 0 Å². The van der Waals surface area contributed by atoms with Crippen molar-refractivity contribution in [1.29, 1.82) is 0 Å². The molecule has 18 heavy (non-hydrogen) atoms. The van der Waals surface area contributed by atoms with E-state index in [-0.39, 0.29) is 23.3 Å². The molecule has 0 aromatic carbocycles. The normalized spacial score (nSPS) is 24.9. The number of aliphatic hydroxyl groups excluding tert-OH is 1. The molecule has 0 aromatic rings. The lowest BCUT2D eigenvalue weighted by Crippen LogP contribution is -2.47. The molecular weight excluding hydrogens is 230 g/mol. The lowest BCUT2D eigenvalue weighted by Gasteiger charge is -2.37. The Hall–Kier alpha value is -0.900. The maximum Gasteiger partial charge on any atom is 0.229 e. The van der Waals surface area contributed by atoms with Crippen LogP contribution in [0, 0.1) is 5.41 Å². The van der Waals surface area contributed by atoms with Crippen LogP contribution in [0.5, 0.6) is 0 Å². The monoisotopic (exact) mass is 253 g/mol. The van der Waals surface area contributed by atoms with Crippen molar-refractivity contribution in [2.45, 2.75) is 64.4 Å². The molecule has 1 spiro atoms. The van der Waals surface area contributed by atoms with Gasteiger partial charge in [0.2, 0.25) is 11.8 Å². The van der Waals surface area contributed by atoms with Crippen molar-refractivity contribution in [3.63, 3.8) is 0 Å². The van der Waals surface area contributed by atoms with Crippen LogP contribution in [-0.2, 0) is 9.59 Å². The van der Waals surface area contributed by atoms with E-state index in [2.05, 4.69) is 0 Å². The van der Waals surface area contributed by atoms with Gasteiger partial charge in [0.1, 0.15) is 0 Å². The van der Waals surface area contributed by atoms with Gasteiger partial charge in [-0.25, -0.2) is 0 Å². The van der Waals surface area contributed by atoms with Gasteiger partial charge in [-0.2, -0.15) is 0 Å². The van der Waals surface area contributed by atoms with Crippen molar-refractivity contribution in [1.82, 2.24) is 4.90 Å². The highest BCUT2D eigenvalue weighted by molar-refractivity contribution is 5.98. The van der Waals surface area contributed by atoms with Crippen molar-refractivity contribution in [3.8, 4) is 0 Å². The molecule has 0 radical (unpaired) electrons. The third-order valence-corrected chi connectivity index (χ3v) is 4.32. The fraction of sp³-hybridized carbons (Fsp3) is 0.857. The van der Waals surface area contributed by atoms with Crippen molar-refractivity contribution in [2.24, 2.45) is 5.41 Å². The molecule has 2 fully saturated rings. The van der Waals surface area contributed by atoms with E-state index >= 15 is 0 Å². The molecule has 2 rings (SSSR count). The molecule has 1 N–H and O–H groups in total. The molecule has 2 aliphatic rings. The summed E-state index contributed by atoms with van der Waals surface area (Å²) in [6, 6.07) is 0. The first-order chi connectivity index (χ1) is 8.52. The number of nitrogens with zero attached hydrogens (tertiary/aromatic N) is 1. The second-order valence-corrected chi connectivity index (χ2v) is 5.99. The number of aliphatic hydroxyl groups is 1. The molecule has 0 bridgehead atoms. The van der Waals surface area contributed by atoms with E-state index in [0.717, 1.165) is 25.7 Å². The summed E-state index contributed by atoms with van der Waals surface area (Å²) < 4.78 is 0. The molecule has 1 saturated carbocycles. The molecule has 4 nitrogen and oxygen atoms in total. The van der Waals surface area contributed by atoms with Crippen molar-refractivity contribution in [2.75, 3.05) is 6.54 Å². The number of hydrogen-bond acceptors (Lipinski definition) is 3. The molecule has 1 aliphatic heterocycles. The Balaban J connectivity index is 1.90. The van der Waals surface area contributed by atoms with Gasteiger partial charge in [-0.1, -0.05) is 12.8 Å². The zero-order valence-corrected chi connectivity index (χ0v) is 11.2. The van der Waals surface area contributed by atoms with Crippen LogP contribution in [0.15, 0.2) is 0 Å². The maximum atomic E-state index is 12.1. The highest BCUT2D eigenvalue weighted by atomic mass is 16.3. The van der Waals surface area contributed by atoms with Crippen LogP contribution in [0.2, 0.25) is 0 Å². The van der Waals surface area contributed by atoms with Gasteiger partial charge in [0.15, 0.2) is 0 Å². The van der Waals surface area contributed by atoms with E-state index in [0.29, 0.717) is 32.2 Å². The summed E-state index contributed by atoms with van der Waals surface area (Å²) in [4.78, 5) is 25.6. The predicted octanol–water partition coefficient (Wildman–Crippen LogP) is 1.86. The first kappa shape index (κ1) is 13.5. The van der Waals surface area contributed by atoms with Gasteiger partial charge in [-0.15, -0.1) is 0 Å². The van der Waals surface area contributed by atoms with Crippen LogP contribution >= 0.6 is 0 Å². The van der Waals surface area contributed by atoms with Crippen LogP contribution in [0.25, 0.3) is 0 Å². The third-order valence-electron chi connectivity index (χ3n) is 4.32. The summed E-state index contributed by atoms with van der Waals surface area (Å²) in [6.07, 6.45) is 6.45. The summed E-state index contributed by atoms with van der Waals surface area (Å²) in [6.45, 7) is 2.20. The highest BCUT2D eigenvalue weighted by Gasteiger charge is 2.44. The summed E-state index contributed by atoms with van der Waals surface area (Å²) in [7, 11) is 0. The van der Waals surface area contributed by atoms with Crippen LogP contribution < -0.4 is 0 Å². The van der Waals surface area contributed by atoms with Crippen molar-refractivity contribution >= 4 is 11.8 Å². The van der Waals surface area contributed by atoms with Gasteiger partial charge < -0.3 is 5.11 Å². The highest BCUT2D eigenvalue weighted by Crippen LogP contribution is 2.46. The molecule has 1 atom stereocenters. The van der Waals surface area contributed by atoms with E-state index < -0.39 is 0 Å². The minimum absolute atomic E-state index is 0.00116. The summed E-state index contributed by atoms with van der Waals surface area (Å²) in [5.74, 6) is -0.00233. The topological polar surface area (TPSA) is 57.6 Å². The largest absolute Gasteiger partial charge is 0.393 e. The van der Waals surface area contributed by atoms with Gasteiger partial charge in [-0.05, 0) is 38.0 Å². The maximum absolute atomic E-state index is 12.1. The minimum Gasteiger partial charge on any atom is -0.393 e. The van der Waals surface area contributed by atoms with Gasteiger partial charge >= 0.3 is 0 Å². The number of carbonyl (C=O) groups is 2. The Kier molecular flexibility index (Phi) is 4.05. The van der Waals surface area contributed by atoms with Crippen LogP contribution in [0.4, 0.5) is 0 Å². The Morgan fingerprint density at radius 1 is 1.22 bits per heavy atom. The fourth-order valence-corrected chi connectivity index (χ4v) is 3.31. The number of imide groups is 1. The molecule has 1 heterocycles. The van der Waals surface area contributed by atoms with Crippen LogP contribution in [0.1, 0.15) is 58.3 Å². The molecule has 102 valence electrons. The molecule has 1 saturated heterocycles. The Bertz CT molecular complexity index is 312. The summed E-state index contributed by atoms with van der Waals surface area (Å²) >= 11 is 0. The molecule has 0 aromatic heterocycles. The standard InChI is InChI=1S/C14H23NO3/c1-11(16)5-4-8-15-12(17)9-14(10-13(15)18)6-2-3-7-14/h11,16H,2-10H2,1H3. The number of rotatable bonds is 4. The van der Waals surface area contributed by atoms with Gasteiger partial charge in [-0.3, -0.25) is 14.5 Å². The summed E-state index contributed by atoms with van der Waals surface area (Å²) in [5, 5.41) is 9.19. The second-order valence-electron chi connectivity index (χ2n) is 5.99. The first-order valence-corrected chi connectivity index (χ1v) is 7.04. The molecule has 2 amide bonds. The molecular formula is C14H23NO3. The smallest absolute Gasteiger partial charge is 0.229 e. The average Bonchev–Trinajstić information content (AvgIpc) is 2.70.